The predicted octanol–water partition coefficient (Wildman–Crippen LogP) is 4.33. The first kappa shape index (κ1) is 17.3. The maximum absolute atomic E-state index is 13.1. The van der Waals surface area contributed by atoms with E-state index in [9.17, 15) is 4.79 Å². The van der Waals surface area contributed by atoms with Gasteiger partial charge in [0.2, 0.25) is 5.16 Å². The smallest absolute Gasteiger partial charge is 0.210 e. The molecule has 3 aromatic rings. The van der Waals surface area contributed by atoms with E-state index in [4.69, 9.17) is 0 Å². The average molecular weight is 369 g/mol. The van der Waals surface area contributed by atoms with Gasteiger partial charge in [-0.3, -0.25) is 4.79 Å². The van der Waals surface area contributed by atoms with Crippen LogP contribution >= 0.6 is 11.8 Å². The number of aromatic amines is 1. The highest BCUT2D eigenvalue weighted by Crippen LogP contribution is 2.33. The monoisotopic (exact) mass is 369 g/mol. The van der Waals surface area contributed by atoms with Crippen molar-refractivity contribution in [3.05, 3.63) is 35.5 Å². The van der Waals surface area contributed by atoms with E-state index in [-0.39, 0.29) is 11.0 Å². The summed E-state index contributed by atoms with van der Waals surface area (Å²) in [5.41, 5.74) is 2.69. The third-order valence-electron chi connectivity index (χ3n) is 5.17. The number of fused-ring (bicyclic) bond motifs is 1. The van der Waals surface area contributed by atoms with Gasteiger partial charge in [0, 0.05) is 22.2 Å². The molecule has 2 aromatic heterocycles. The molecule has 2 heterocycles. The predicted molar refractivity (Wildman–Crippen MR) is 103 cm³/mol. The molecule has 4 rings (SSSR count). The number of rotatable bonds is 5. The fourth-order valence-electron chi connectivity index (χ4n) is 3.83. The summed E-state index contributed by atoms with van der Waals surface area (Å²) in [5, 5.41) is 13.7. The number of H-pyrrole nitrogens is 1. The van der Waals surface area contributed by atoms with Crippen molar-refractivity contribution in [2.75, 3.05) is 0 Å². The molecule has 0 aliphatic heterocycles. The molecule has 1 aliphatic carbocycles. The number of hydrogen-bond donors (Lipinski definition) is 1. The van der Waals surface area contributed by atoms with Crippen LogP contribution in [-0.4, -0.2) is 36.2 Å². The van der Waals surface area contributed by atoms with Crippen LogP contribution in [-0.2, 0) is 0 Å². The lowest BCUT2D eigenvalue weighted by atomic mass is 9.96. The summed E-state index contributed by atoms with van der Waals surface area (Å²) in [7, 11) is 0. The fourth-order valence-corrected chi connectivity index (χ4v) is 4.75. The first-order valence-corrected chi connectivity index (χ1v) is 10.1. The molecule has 1 saturated carbocycles. The van der Waals surface area contributed by atoms with E-state index >= 15 is 0 Å². The third-order valence-corrected chi connectivity index (χ3v) is 6.22. The van der Waals surface area contributed by atoms with Gasteiger partial charge in [-0.15, -0.1) is 5.10 Å². The Kier molecular flexibility index (Phi) is 4.80. The number of para-hydroxylation sites is 1. The van der Waals surface area contributed by atoms with Crippen molar-refractivity contribution in [1.82, 2.24) is 25.2 Å². The summed E-state index contributed by atoms with van der Waals surface area (Å²) in [6, 6.07) is 8.30. The Bertz CT molecular complexity index is 925. The van der Waals surface area contributed by atoms with Crippen LogP contribution < -0.4 is 0 Å². The van der Waals surface area contributed by atoms with E-state index in [1.165, 1.54) is 31.0 Å². The summed E-state index contributed by atoms with van der Waals surface area (Å²) in [6.07, 6.45) is 5.95. The van der Waals surface area contributed by atoms with Crippen LogP contribution in [0, 0.1) is 6.92 Å². The fraction of sp³-hybridized carbons (Fsp3) is 0.474. The number of tetrazole rings is 1. The van der Waals surface area contributed by atoms with Crippen LogP contribution in [0.2, 0.25) is 0 Å². The number of carbonyl (C=O) groups is 1. The molecule has 1 fully saturated rings. The Morgan fingerprint density at radius 2 is 2.04 bits per heavy atom. The number of nitrogens with zero attached hydrogens (tertiary/aromatic N) is 4. The second kappa shape index (κ2) is 7.23. The van der Waals surface area contributed by atoms with Gasteiger partial charge in [0.05, 0.1) is 11.3 Å². The number of benzene rings is 1. The van der Waals surface area contributed by atoms with Crippen LogP contribution in [0.4, 0.5) is 0 Å². The van der Waals surface area contributed by atoms with Gasteiger partial charge in [-0.25, -0.2) is 4.68 Å². The minimum atomic E-state index is -0.249. The molecule has 1 N–H and O–H groups in total. The maximum Gasteiger partial charge on any atom is 0.210 e. The number of hydrogen-bond acceptors (Lipinski definition) is 5. The van der Waals surface area contributed by atoms with Crippen LogP contribution in [0.25, 0.3) is 10.9 Å². The quantitative estimate of drug-likeness (QED) is 0.535. The third kappa shape index (κ3) is 3.16. The molecular formula is C19H23N5OS. The molecular weight excluding hydrogens is 346 g/mol. The first-order chi connectivity index (χ1) is 12.6. The van der Waals surface area contributed by atoms with Crippen molar-refractivity contribution >= 4 is 28.4 Å². The second-order valence-corrected chi connectivity index (χ2v) is 8.30. The molecule has 7 heteroatoms. The molecule has 1 aromatic carbocycles. The van der Waals surface area contributed by atoms with E-state index < -0.39 is 0 Å². The van der Waals surface area contributed by atoms with Crippen molar-refractivity contribution in [3.63, 3.8) is 0 Å². The Balaban J connectivity index is 1.57. The topological polar surface area (TPSA) is 76.5 Å². The molecule has 136 valence electrons. The van der Waals surface area contributed by atoms with Gasteiger partial charge >= 0.3 is 0 Å². The highest BCUT2D eigenvalue weighted by Gasteiger charge is 2.26. The Morgan fingerprint density at radius 1 is 1.27 bits per heavy atom. The van der Waals surface area contributed by atoms with E-state index in [1.807, 2.05) is 42.8 Å². The number of thioether (sulfide) groups is 1. The normalized spacial score (nSPS) is 16.8. The Labute approximate surface area is 156 Å². The van der Waals surface area contributed by atoms with Crippen molar-refractivity contribution in [2.24, 2.45) is 0 Å². The Hall–Kier alpha value is -2.15. The first-order valence-electron chi connectivity index (χ1n) is 9.21. The van der Waals surface area contributed by atoms with Crippen molar-refractivity contribution < 1.29 is 4.79 Å². The van der Waals surface area contributed by atoms with Crippen molar-refractivity contribution in [3.8, 4) is 0 Å². The molecule has 0 spiro atoms. The molecule has 6 nitrogen and oxygen atoms in total. The van der Waals surface area contributed by atoms with Gasteiger partial charge in [0.1, 0.15) is 0 Å². The molecule has 1 aliphatic rings. The summed E-state index contributed by atoms with van der Waals surface area (Å²) in [5.74, 6) is 0.114. The highest BCUT2D eigenvalue weighted by molar-refractivity contribution is 8.00. The lowest BCUT2D eigenvalue weighted by Crippen LogP contribution is -2.18. The van der Waals surface area contributed by atoms with Crippen molar-refractivity contribution in [1.29, 1.82) is 0 Å². The van der Waals surface area contributed by atoms with Gasteiger partial charge in [-0.05, 0) is 43.2 Å². The lowest BCUT2D eigenvalue weighted by molar-refractivity contribution is 0.0995. The van der Waals surface area contributed by atoms with E-state index in [1.54, 1.807) is 0 Å². The molecule has 0 saturated heterocycles. The summed E-state index contributed by atoms with van der Waals surface area (Å²) in [6.45, 7) is 3.89. The molecule has 0 radical (unpaired) electrons. The number of aryl methyl sites for hydroxylation is 1. The molecule has 1 atom stereocenters. The molecule has 0 unspecified atom stereocenters. The zero-order valence-corrected chi connectivity index (χ0v) is 15.9. The number of ketones is 1. The summed E-state index contributed by atoms with van der Waals surface area (Å²) in [4.78, 5) is 16.4. The van der Waals surface area contributed by atoms with Crippen LogP contribution in [0.15, 0.2) is 29.4 Å². The van der Waals surface area contributed by atoms with Crippen LogP contribution in [0.3, 0.4) is 0 Å². The average Bonchev–Trinajstić information content (AvgIpc) is 3.25. The SMILES string of the molecule is Cc1[nH]c2ccccc2c1C(=O)[C@@H](C)Sc1nnnn1C1CCCCC1. The number of carbonyl (C=O) groups excluding carboxylic acids is 1. The zero-order chi connectivity index (χ0) is 18.1. The number of aromatic nitrogens is 5. The highest BCUT2D eigenvalue weighted by atomic mass is 32.2. The van der Waals surface area contributed by atoms with Gasteiger partial charge in [-0.1, -0.05) is 49.2 Å². The van der Waals surface area contributed by atoms with Gasteiger partial charge < -0.3 is 4.98 Å². The minimum Gasteiger partial charge on any atom is -0.358 e. The van der Waals surface area contributed by atoms with Gasteiger partial charge in [0.15, 0.2) is 5.78 Å². The summed E-state index contributed by atoms with van der Waals surface area (Å²) < 4.78 is 1.93. The number of Topliss-reactive ketones (excluding diaryl/α,β-unsaturated/α-hetero) is 1. The maximum atomic E-state index is 13.1. The van der Waals surface area contributed by atoms with E-state index in [0.29, 0.717) is 6.04 Å². The minimum absolute atomic E-state index is 0.114. The van der Waals surface area contributed by atoms with E-state index in [2.05, 4.69) is 20.5 Å². The number of nitrogens with one attached hydrogen (secondary N) is 1. The second-order valence-electron chi connectivity index (χ2n) is 6.99. The standard InChI is InChI=1S/C19H23N5OS/c1-12-17(15-10-6-7-11-16(15)20-12)18(25)13(2)26-19-21-22-23-24(19)14-8-4-3-5-9-14/h6-7,10-11,13-14,20H,3-5,8-9H2,1-2H3/t13-/m1/s1. The Morgan fingerprint density at radius 3 is 2.85 bits per heavy atom. The largest absolute Gasteiger partial charge is 0.358 e. The van der Waals surface area contributed by atoms with E-state index in [0.717, 1.165) is 40.2 Å². The van der Waals surface area contributed by atoms with Gasteiger partial charge in [0.25, 0.3) is 0 Å². The van der Waals surface area contributed by atoms with Crippen LogP contribution in [0.1, 0.15) is 61.1 Å². The van der Waals surface area contributed by atoms with Gasteiger partial charge in [-0.2, -0.15) is 0 Å². The molecule has 26 heavy (non-hydrogen) atoms. The van der Waals surface area contributed by atoms with Crippen molar-refractivity contribution in [2.45, 2.75) is 62.4 Å². The lowest BCUT2D eigenvalue weighted by Gasteiger charge is -2.22. The summed E-state index contributed by atoms with van der Waals surface area (Å²) >= 11 is 1.46. The molecule has 0 amide bonds. The molecule has 0 bridgehead atoms. The zero-order valence-electron chi connectivity index (χ0n) is 15.1. The van der Waals surface area contributed by atoms with Crippen LogP contribution in [0.5, 0.6) is 0 Å².